The van der Waals surface area contributed by atoms with Crippen LogP contribution < -0.4 is 5.32 Å². The number of hydrogen-bond acceptors (Lipinski definition) is 5. The quantitative estimate of drug-likeness (QED) is 0.362. The van der Waals surface area contributed by atoms with Crippen molar-refractivity contribution in [2.45, 2.75) is 45.1 Å². The van der Waals surface area contributed by atoms with Crippen LogP contribution in [-0.4, -0.2) is 36.4 Å². The Hall–Kier alpha value is -2.52. The van der Waals surface area contributed by atoms with Crippen LogP contribution in [0.4, 0.5) is 19.0 Å². The fraction of sp³-hybridized carbons (Fsp3) is 0.409. The third-order valence-electron chi connectivity index (χ3n) is 5.69. The van der Waals surface area contributed by atoms with Crippen LogP contribution in [0, 0.1) is 0 Å². The molecule has 1 aromatic carbocycles. The summed E-state index contributed by atoms with van der Waals surface area (Å²) < 4.78 is 44.8. The van der Waals surface area contributed by atoms with E-state index < -0.39 is 20.1 Å². The maximum Gasteiger partial charge on any atom is 0.416 e. The van der Waals surface area contributed by atoms with Crippen molar-refractivity contribution in [3.05, 3.63) is 48.4 Å². The average molecular weight is 449 g/mol. The van der Waals surface area contributed by atoms with Gasteiger partial charge in [-0.25, -0.2) is 9.97 Å². The smallest absolute Gasteiger partial charge is 0.415 e. The summed E-state index contributed by atoms with van der Waals surface area (Å²) in [5, 5.41) is 3.39. The molecule has 0 aliphatic heterocycles. The van der Waals surface area contributed by atoms with E-state index in [0.29, 0.717) is 41.1 Å². The number of hydrogen-bond donors (Lipinski definition) is 1. The van der Waals surface area contributed by atoms with Gasteiger partial charge in [0.2, 0.25) is 0 Å². The molecule has 3 rings (SSSR count). The molecule has 0 radical (unpaired) electrons. The third-order valence-corrected chi connectivity index (χ3v) is 10.2. The standard InChI is InChI=1S/C22H27F3N4OSi/c1-21(2,3)31(4,5)30-13-12-28-20-19-18(26-10-11-27-19)17(14-29-20)15-6-8-16(9-7-15)22(23,24)25/h6-11,14H,12-13H2,1-5H3,(H,28,29). The second-order valence-corrected chi connectivity index (χ2v) is 13.7. The highest BCUT2D eigenvalue weighted by atomic mass is 28.4. The molecule has 0 amide bonds. The highest BCUT2D eigenvalue weighted by Gasteiger charge is 2.36. The minimum Gasteiger partial charge on any atom is -0.415 e. The molecule has 5 nitrogen and oxygen atoms in total. The van der Waals surface area contributed by atoms with E-state index in [1.165, 1.54) is 12.1 Å². The molecule has 1 N–H and O–H groups in total. The average Bonchev–Trinajstić information content (AvgIpc) is 2.70. The molecular formula is C22H27F3N4OSi. The number of pyridine rings is 1. The van der Waals surface area contributed by atoms with Gasteiger partial charge < -0.3 is 9.74 Å². The van der Waals surface area contributed by atoms with E-state index in [4.69, 9.17) is 4.43 Å². The highest BCUT2D eigenvalue weighted by molar-refractivity contribution is 6.74. The van der Waals surface area contributed by atoms with Crippen molar-refractivity contribution in [3.63, 3.8) is 0 Å². The summed E-state index contributed by atoms with van der Waals surface area (Å²) in [5.41, 5.74) is 1.66. The normalized spacial score (nSPS) is 12.9. The lowest BCUT2D eigenvalue weighted by Crippen LogP contribution is -2.41. The van der Waals surface area contributed by atoms with Gasteiger partial charge in [-0.05, 0) is 35.8 Å². The van der Waals surface area contributed by atoms with Gasteiger partial charge in [0.1, 0.15) is 11.0 Å². The van der Waals surface area contributed by atoms with Gasteiger partial charge in [-0.2, -0.15) is 13.2 Å². The molecule has 0 fully saturated rings. The first-order chi connectivity index (χ1) is 14.4. The molecule has 2 aromatic heterocycles. The van der Waals surface area contributed by atoms with E-state index in [2.05, 4.69) is 54.1 Å². The van der Waals surface area contributed by atoms with E-state index in [1.54, 1.807) is 18.6 Å². The molecule has 3 aromatic rings. The second-order valence-electron chi connectivity index (χ2n) is 8.88. The van der Waals surface area contributed by atoms with Crippen LogP contribution in [0.15, 0.2) is 42.9 Å². The van der Waals surface area contributed by atoms with Gasteiger partial charge in [-0.3, -0.25) is 4.98 Å². The first kappa shape index (κ1) is 23.1. The van der Waals surface area contributed by atoms with Gasteiger partial charge in [0.05, 0.1) is 12.2 Å². The molecule has 166 valence electrons. The van der Waals surface area contributed by atoms with Crippen molar-refractivity contribution in [1.82, 2.24) is 15.0 Å². The molecule has 0 saturated heterocycles. The van der Waals surface area contributed by atoms with Crippen molar-refractivity contribution >= 4 is 25.2 Å². The topological polar surface area (TPSA) is 59.9 Å². The van der Waals surface area contributed by atoms with E-state index in [1.807, 2.05) is 0 Å². The number of alkyl halides is 3. The molecule has 0 unspecified atom stereocenters. The van der Waals surface area contributed by atoms with Gasteiger partial charge in [0.25, 0.3) is 0 Å². The van der Waals surface area contributed by atoms with Crippen LogP contribution in [0.1, 0.15) is 26.3 Å². The maximum atomic E-state index is 12.9. The van der Waals surface area contributed by atoms with Gasteiger partial charge in [0.15, 0.2) is 14.1 Å². The largest absolute Gasteiger partial charge is 0.416 e. The van der Waals surface area contributed by atoms with E-state index >= 15 is 0 Å². The van der Waals surface area contributed by atoms with Crippen molar-refractivity contribution in [3.8, 4) is 11.1 Å². The molecule has 0 atom stereocenters. The monoisotopic (exact) mass is 448 g/mol. The molecule has 0 aliphatic rings. The molecule has 0 aliphatic carbocycles. The van der Waals surface area contributed by atoms with Crippen molar-refractivity contribution in [2.24, 2.45) is 0 Å². The molecule has 9 heteroatoms. The Morgan fingerprint density at radius 2 is 1.55 bits per heavy atom. The predicted octanol–water partition coefficient (Wildman–Crippen LogP) is 6.14. The molecular weight excluding hydrogens is 421 g/mol. The van der Waals surface area contributed by atoms with E-state index in [-0.39, 0.29) is 5.04 Å². The second kappa shape index (κ2) is 8.55. The van der Waals surface area contributed by atoms with Gasteiger partial charge in [0, 0.05) is 30.7 Å². The number of halogens is 3. The molecule has 0 spiro atoms. The first-order valence-electron chi connectivity index (χ1n) is 10.1. The van der Waals surface area contributed by atoms with Crippen molar-refractivity contribution in [2.75, 3.05) is 18.5 Å². The summed E-state index contributed by atoms with van der Waals surface area (Å²) >= 11 is 0. The van der Waals surface area contributed by atoms with Crippen LogP contribution in [0.5, 0.6) is 0 Å². The summed E-state index contributed by atoms with van der Waals surface area (Å²) in [4.78, 5) is 13.2. The number of anilines is 1. The van der Waals surface area contributed by atoms with Crippen molar-refractivity contribution < 1.29 is 17.6 Å². The van der Waals surface area contributed by atoms with Crippen molar-refractivity contribution in [1.29, 1.82) is 0 Å². The lowest BCUT2D eigenvalue weighted by atomic mass is 10.0. The van der Waals surface area contributed by atoms with E-state index in [9.17, 15) is 13.2 Å². The number of aromatic nitrogens is 3. The Kier molecular flexibility index (Phi) is 6.38. The van der Waals surface area contributed by atoms with Gasteiger partial charge >= 0.3 is 6.18 Å². The van der Waals surface area contributed by atoms with Crippen LogP contribution in [0.3, 0.4) is 0 Å². The first-order valence-corrected chi connectivity index (χ1v) is 13.0. The minimum absolute atomic E-state index is 0.132. The SMILES string of the molecule is CC(C)(C)[Si](C)(C)OCCNc1ncc(-c2ccc(C(F)(F)F)cc2)c2nccnc12. The molecule has 2 heterocycles. The summed E-state index contributed by atoms with van der Waals surface area (Å²) in [5.74, 6) is 0.567. The third kappa shape index (κ3) is 5.22. The Morgan fingerprint density at radius 1 is 0.935 bits per heavy atom. The lowest BCUT2D eigenvalue weighted by molar-refractivity contribution is -0.137. The number of benzene rings is 1. The Bertz CT molecular complexity index is 1050. The van der Waals surface area contributed by atoms with Gasteiger partial charge in [-0.15, -0.1) is 0 Å². The molecule has 31 heavy (non-hydrogen) atoms. The van der Waals surface area contributed by atoms with Gasteiger partial charge in [-0.1, -0.05) is 32.9 Å². The number of nitrogens with zero attached hydrogens (tertiary/aromatic N) is 3. The predicted molar refractivity (Wildman–Crippen MR) is 119 cm³/mol. The summed E-state index contributed by atoms with van der Waals surface area (Å²) in [7, 11) is -1.84. The Balaban J connectivity index is 1.80. The number of nitrogens with one attached hydrogen (secondary N) is 1. The van der Waals surface area contributed by atoms with Crippen LogP contribution in [-0.2, 0) is 10.6 Å². The summed E-state index contributed by atoms with van der Waals surface area (Å²) in [6.45, 7) is 12.1. The molecule has 0 bridgehead atoms. The van der Waals surface area contributed by atoms with Crippen LogP contribution in [0.2, 0.25) is 18.1 Å². The van der Waals surface area contributed by atoms with Crippen LogP contribution in [0.25, 0.3) is 22.2 Å². The number of rotatable bonds is 6. The Labute approximate surface area is 181 Å². The fourth-order valence-corrected chi connectivity index (χ4v) is 3.88. The van der Waals surface area contributed by atoms with Crippen LogP contribution >= 0.6 is 0 Å². The Morgan fingerprint density at radius 3 is 2.13 bits per heavy atom. The minimum atomic E-state index is -4.38. The van der Waals surface area contributed by atoms with E-state index in [0.717, 1.165) is 12.1 Å². The highest BCUT2D eigenvalue weighted by Crippen LogP contribution is 2.36. The fourth-order valence-electron chi connectivity index (χ4n) is 2.83. The zero-order chi connectivity index (χ0) is 22.9. The zero-order valence-corrected chi connectivity index (χ0v) is 19.3. The lowest BCUT2D eigenvalue weighted by Gasteiger charge is -2.36. The maximum absolute atomic E-state index is 12.9. The number of fused-ring (bicyclic) bond motifs is 1. The summed E-state index contributed by atoms with van der Waals surface area (Å²) in [6, 6.07) is 4.96. The zero-order valence-electron chi connectivity index (χ0n) is 18.3. The molecule has 0 saturated carbocycles. The summed E-state index contributed by atoms with van der Waals surface area (Å²) in [6.07, 6.45) is 0.355.